The summed E-state index contributed by atoms with van der Waals surface area (Å²) in [4.78, 5) is 47.9. The van der Waals surface area contributed by atoms with Gasteiger partial charge < -0.3 is 25.3 Å². The molecule has 1 fully saturated rings. The van der Waals surface area contributed by atoms with Crippen LogP contribution in [0.1, 0.15) is 37.4 Å². The van der Waals surface area contributed by atoms with Crippen LogP contribution in [-0.2, 0) is 27.4 Å². The molecule has 0 spiro atoms. The number of H-pyrrole nitrogens is 1. The van der Waals surface area contributed by atoms with Gasteiger partial charge in [0.25, 0.3) is 0 Å². The van der Waals surface area contributed by atoms with Crippen molar-refractivity contribution in [1.29, 1.82) is 0 Å². The molecule has 9 heteroatoms. The second kappa shape index (κ2) is 15.3. The number of hydrogen-bond donors (Lipinski definition) is 3. The minimum absolute atomic E-state index is 0.0665. The topological polar surface area (TPSA) is 116 Å². The van der Waals surface area contributed by atoms with Gasteiger partial charge in [-0.25, -0.2) is 9.78 Å². The number of nitrogens with one attached hydrogen (secondary N) is 3. The molecule has 212 valence electrons. The zero-order chi connectivity index (χ0) is 28.8. The molecule has 1 aromatic carbocycles. The Morgan fingerprint density at radius 1 is 1.23 bits per heavy atom. The van der Waals surface area contributed by atoms with E-state index in [4.69, 9.17) is 4.74 Å². The van der Waals surface area contributed by atoms with Crippen molar-refractivity contribution < 1.29 is 19.1 Å². The fourth-order valence-electron chi connectivity index (χ4n) is 4.67. The Morgan fingerprint density at radius 2 is 2.00 bits per heavy atom. The lowest BCUT2D eigenvalue weighted by Crippen LogP contribution is -2.53. The third-order valence-corrected chi connectivity index (χ3v) is 7.05. The van der Waals surface area contributed by atoms with E-state index in [1.54, 1.807) is 18.3 Å². The molecule has 0 unspecified atom stereocenters. The van der Waals surface area contributed by atoms with Crippen molar-refractivity contribution in [2.45, 2.75) is 45.3 Å². The number of carbonyl (C=O) groups excluding carboxylic acids is 3. The molecular formula is C31H39N5O4. The molecule has 1 aliphatic rings. The molecule has 3 N–H and O–H groups in total. The van der Waals surface area contributed by atoms with Gasteiger partial charge in [0.2, 0.25) is 11.8 Å². The second-order valence-electron chi connectivity index (χ2n) is 9.80. The van der Waals surface area contributed by atoms with Gasteiger partial charge in [-0.2, -0.15) is 0 Å². The number of allylic oxidation sites excluding steroid dienone is 4. The summed E-state index contributed by atoms with van der Waals surface area (Å²) in [5, 5.41) is 5.70. The lowest BCUT2D eigenvalue weighted by Gasteiger charge is -2.43. The lowest BCUT2D eigenvalue weighted by molar-refractivity contribution is -0.137. The van der Waals surface area contributed by atoms with Crippen LogP contribution in [0.15, 0.2) is 92.0 Å². The van der Waals surface area contributed by atoms with Crippen molar-refractivity contribution in [2.75, 3.05) is 19.6 Å². The predicted octanol–water partition coefficient (Wildman–Crippen LogP) is 4.24. The van der Waals surface area contributed by atoms with Crippen LogP contribution in [0.2, 0.25) is 0 Å². The predicted molar refractivity (Wildman–Crippen MR) is 155 cm³/mol. The van der Waals surface area contributed by atoms with E-state index in [1.165, 1.54) is 11.2 Å². The van der Waals surface area contributed by atoms with Crippen molar-refractivity contribution in [3.63, 3.8) is 0 Å². The summed E-state index contributed by atoms with van der Waals surface area (Å²) in [6, 6.07) is 8.30. The number of ether oxygens (including phenoxy) is 1. The van der Waals surface area contributed by atoms with Crippen LogP contribution in [-0.4, -0.2) is 58.5 Å². The molecule has 1 aromatic heterocycles. The molecule has 2 aromatic rings. The Hall–Kier alpha value is -4.40. The van der Waals surface area contributed by atoms with Crippen LogP contribution >= 0.6 is 0 Å². The van der Waals surface area contributed by atoms with E-state index in [1.807, 2.05) is 55.5 Å². The first-order valence-electron chi connectivity index (χ1n) is 13.5. The zero-order valence-electron chi connectivity index (χ0n) is 23.1. The maximum Gasteiger partial charge on any atom is 0.408 e. The van der Waals surface area contributed by atoms with Gasteiger partial charge in [0.15, 0.2) is 0 Å². The molecule has 0 saturated heterocycles. The van der Waals surface area contributed by atoms with Crippen LogP contribution in [0.25, 0.3) is 0 Å². The van der Waals surface area contributed by atoms with Crippen molar-refractivity contribution in [2.24, 2.45) is 5.41 Å². The quantitative estimate of drug-likeness (QED) is 0.229. The van der Waals surface area contributed by atoms with Gasteiger partial charge in [-0.1, -0.05) is 80.3 Å². The zero-order valence-corrected chi connectivity index (χ0v) is 23.1. The van der Waals surface area contributed by atoms with Crippen molar-refractivity contribution >= 4 is 17.9 Å². The number of alkyl carbamates (subject to hydrolysis) is 1. The van der Waals surface area contributed by atoms with Crippen LogP contribution in [0, 0.1) is 5.41 Å². The molecule has 1 heterocycles. The first-order valence-corrected chi connectivity index (χ1v) is 13.5. The second-order valence-corrected chi connectivity index (χ2v) is 9.80. The van der Waals surface area contributed by atoms with Gasteiger partial charge in [0.05, 0.1) is 12.9 Å². The maximum absolute atomic E-state index is 13.7. The summed E-state index contributed by atoms with van der Waals surface area (Å²) < 4.78 is 5.36. The summed E-state index contributed by atoms with van der Waals surface area (Å²) >= 11 is 0. The van der Waals surface area contributed by atoms with Gasteiger partial charge in [-0.3, -0.25) is 9.59 Å². The first-order chi connectivity index (χ1) is 19.4. The summed E-state index contributed by atoms with van der Waals surface area (Å²) in [6.45, 7) is 10.1. The van der Waals surface area contributed by atoms with E-state index < -0.39 is 18.0 Å². The van der Waals surface area contributed by atoms with Gasteiger partial charge in [-0.15, -0.1) is 0 Å². The average molecular weight is 546 g/mol. The molecule has 0 bridgehead atoms. The summed E-state index contributed by atoms with van der Waals surface area (Å²) in [7, 11) is 0. The van der Waals surface area contributed by atoms with E-state index in [2.05, 4.69) is 33.8 Å². The van der Waals surface area contributed by atoms with E-state index in [0.717, 1.165) is 30.4 Å². The van der Waals surface area contributed by atoms with Gasteiger partial charge in [0.1, 0.15) is 12.6 Å². The molecule has 1 atom stereocenters. The average Bonchev–Trinajstić information content (AvgIpc) is 3.46. The van der Waals surface area contributed by atoms with Crippen molar-refractivity contribution in [3.8, 4) is 0 Å². The number of benzene rings is 1. The molecule has 3 rings (SSSR count). The molecule has 1 aliphatic carbocycles. The number of imidazole rings is 1. The number of hydrogen-bond acceptors (Lipinski definition) is 5. The number of carbonyl (C=O) groups is 3. The first kappa shape index (κ1) is 30.1. The highest BCUT2D eigenvalue weighted by atomic mass is 16.5. The van der Waals surface area contributed by atoms with Gasteiger partial charge >= 0.3 is 6.09 Å². The van der Waals surface area contributed by atoms with Gasteiger partial charge in [-0.05, 0) is 30.9 Å². The molecule has 40 heavy (non-hydrogen) atoms. The highest BCUT2D eigenvalue weighted by molar-refractivity contribution is 5.90. The molecule has 0 radical (unpaired) electrons. The Balaban J connectivity index is 1.68. The maximum atomic E-state index is 13.7. The Labute approximate surface area is 236 Å². The van der Waals surface area contributed by atoms with Crippen LogP contribution < -0.4 is 10.6 Å². The third-order valence-electron chi connectivity index (χ3n) is 7.05. The Morgan fingerprint density at radius 3 is 2.60 bits per heavy atom. The standard InChI is InChI=1S/C31H39N5O4/c1-4-7-17-36(20-28(37)33-22-31(15-11-16-31)25(6-3)12-5-2)29(38)27(18-26-19-32-23-34-26)35-30(39)40-21-24-13-9-8-10-14-24/h4-10,12-14,19,23,27H,2-3,11,15-18,20-22H2,1H3,(H,32,34)(H,33,37)(H,35,39)/b7-4+,25-12+/t27-/m0/s1. The molecule has 1 saturated carbocycles. The number of rotatable bonds is 15. The van der Waals surface area contributed by atoms with Crippen LogP contribution in [0.4, 0.5) is 4.79 Å². The minimum atomic E-state index is -0.970. The van der Waals surface area contributed by atoms with Crippen molar-refractivity contribution in [3.05, 3.63) is 103 Å². The van der Waals surface area contributed by atoms with Crippen LogP contribution in [0.5, 0.6) is 0 Å². The minimum Gasteiger partial charge on any atom is -0.445 e. The monoisotopic (exact) mass is 545 g/mol. The van der Waals surface area contributed by atoms with E-state index in [9.17, 15) is 14.4 Å². The fourth-order valence-corrected chi connectivity index (χ4v) is 4.67. The summed E-state index contributed by atoms with van der Waals surface area (Å²) in [5.74, 6) is -0.686. The Kier molecular flexibility index (Phi) is 11.5. The smallest absolute Gasteiger partial charge is 0.408 e. The Bertz CT molecular complexity index is 1200. The fraction of sp³-hybridized carbons (Fsp3) is 0.355. The number of nitrogens with zero attached hydrogens (tertiary/aromatic N) is 2. The largest absolute Gasteiger partial charge is 0.445 e. The van der Waals surface area contributed by atoms with Crippen molar-refractivity contribution in [1.82, 2.24) is 25.5 Å². The number of amides is 3. The van der Waals surface area contributed by atoms with E-state index >= 15 is 0 Å². The normalized spacial score (nSPS) is 15.0. The molecular weight excluding hydrogens is 506 g/mol. The van der Waals surface area contributed by atoms with Crippen LogP contribution in [0.3, 0.4) is 0 Å². The van der Waals surface area contributed by atoms with Gasteiger partial charge in [0, 0.05) is 36.8 Å². The highest BCUT2D eigenvalue weighted by Gasteiger charge is 2.39. The van der Waals surface area contributed by atoms with E-state index in [-0.39, 0.29) is 37.4 Å². The molecule has 0 aliphatic heterocycles. The summed E-state index contributed by atoms with van der Waals surface area (Å²) in [5.41, 5.74) is 2.37. The highest BCUT2D eigenvalue weighted by Crippen LogP contribution is 2.47. The molecule has 9 nitrogen and oxygen atoms in total. The van der Waals surface area contributed by atoms with E-state index in [0.29, 0.717) is 12.2 Å². The lowest BCUT2D eigenvalue weighted by atomic mass is 9.63. The number of aromatic nitrogens is 2. The summed E-state index contributed by atoms with van der Waals surface area (Å²) in [6.07, 6.45) is 14.6. The molecule has 3 amide bonds. The SMILES string of the molecule is C=C/C=C(\C=C)C1(CNC(=O)CN(C/C=C/C)C(=O)[C@H](Cc2cnc[nH]2)NC(=O)OCc2ccccc2)CCC1. The number of aromatic amines is 1. The third kappa shape index (κ3) is 8.56.